The number of benzene rings is 2. The van der Waals surface area contributed by atoms with Gasteiger partial charge in [-0.25, -0.2) is 0 Å². The Labute approximate surface area is 124 Å². The van der Waals surface area contributed by atoms with Crippen molar-refractivity contribution >= 4 is 23.5 Å². The van der Waals surface area contributed by atoms with Gasteiger partial charge in [0.2, 0.25) is 0 Å². The second kappa shape index (κ2) is 5.26. The first-order valence-corrected chi connectivity index (χ1v) is 8.61. The van der Waals surface area contributed by atoms with Crippen LogP contribution in [0.15, 0.2) is 41.3 Å². The summed E-state index contributed by atoms with van der Waals surface area (Å²) in [4.78, 5) is 1.45. The predicted octanol–water partition coefficient (Wildman–Crippen LogP) is 5.50. The summed E-state index contributed by atoms with van der Waals surface area (Å²) in [6.07, 6.45) is 0. The molecule has 98 valence electrons. The summed E-state index contributed by atoms with van der Waals surface area (Å²) in [6, 6.07) is 13.5. The first-order chi connectivity index (χ1) is 9.16. The maximum Gasteiger partial charge on any atom is 0.0571 e. The van der Waals surface area contributed by atoms with Gasteiger partial charge in [-0.2, -0.15) is 0 Å². The Kier molecular flexibility index (Phi) is 3.64. The van der Waals surface area contributed by atoms with E-state index in [9.17, 15) is 0 Å². The first kappa shape index (κ1) is 13.1. The van der Waals surface area contributed by atoms with Gasteiger partial charge in [0.15, 0.2) is 0 Å². The fraction of sp³-hybridized carbons (Fsp3) is 0.294. The second-order valence-electron chi connectivity index (χ2n) is 5.16. The molecular weight excluding hydrogens is 268 g/mol. The van der Waals surface area contributed by atoms with E-state index in [1.807, 2.05) is 11.8 Å². The summed E-state index contributed by atoms with van der Waals surface area (Å²) in [5.41, 5.74) is 7.22. The Bertz CT molecular complexity index is 593. The molecule has 2 aromatic carbocycles. The summed E-state index contributed by atoms with van der Waals surface area (Å²) in [6.45, 7) is 6.68. The quantitative estimate of drug-likeness (QED) is 0.679. The Morgan fingerprint density at radius 2 is 1.68 bits per heavy atom. The lowest BCUT2D eigenvalue weighted by atomic mass is 9.94. The normalized spacial score (nSPS) is 18.2. The van der Waals surface area contributed by atoms with Crippen molar-refractivity contribution in [3.63, 3.8) is 0 Å². The molecule has 0 saturated carbocycles. The molecule has 3 rings (SSSR count). The summed E-state index contributed by atoms with van der Waals surface area (Å²) >= 11 is 4.02. The zero-order chi connectivity index (χ0) is 13.4. The number of thioether (sulfide) groups is 2. The molecule has 0 spiro atoms. The molecular formula is C17H18S2. The predicted molar refractivity (Wildman–Crippen MR) is 87.3 cm³/mol. The largest absolute Gasteiger partial charge is 0.138 e. The topological polar surface area (TPSA) is 0 Å². The van der Waals surface area contributed by atoms with Gasteiger partial charge in [0.05, 0.1) is 5.25 Å². The van der Waals surface area contributed by atoms with E-state index in [0.717, 1.165) is 5.08 Å². The van der Waals surface area contributed by atoms with Crippen LogP contribution in [0.25, 0.3) is 0 Å². The summed E-state index contributed by atoms with van der Waals surface area (Å²) in [5, 5.41) is 1.65. The van der Waals surface area contributed by atoms with Gasteiger partial charge in [-0.05, 0) is 49.1 Å². The molecule has 1 atom stereocenters. The molecule has 0 nitrogen and oxygen atoms in total. The summed E-state index contributed by atoms with van der Waals surface area (Å²) in [7, 11) is 0. The first-order valence-electron chi connectivity index (χ1n) is 6.58. The molecule has 0 fully saturated rings. The SMILES string of the molecule is Cc1cc(C)c(C2SCSc3ccccc32)c(C)c1. The zero-order valence-electron chi connectivity index (χ0n) is 11.6. The average Bonchev–Trinajstić information content (AvgIpc) is 2.38. The Hall–Kier alpha value is -0.860. The van der Waals surface area contributed by atoms with Gasteiger partial charge in [0.1, 0.15) is 0 Å². The van der Waals surface area contributed by atoms with Gasteiger partial charge >= 0.3 is 0 Å². The minimum Gasteiger partial charge on any atom is -0.138 e. The molecule has 19 heavy (non-hydrogen) atoms. The molecule has 1 unspecified atom stereocenters. The van der Waals surface area contributed by atoms with Crippen LogP contribution >= 0.6 is 23.5 Å². The molecule has 0 saturated heterocycles. The third kappa shape index (κ3) is 2.44. The Morgan fingerprint density at radius 1 is 1.00 bits per heavy atom. The van der Waals surface area contributed by atoms with Crippen LogP contribution in [0, 0.1) is 20.8 Å². The van der Waals surface area contributed by atoms with Crippen molar-refractivity contribution in [2.24, 2.45) is 0 Å². The highest BCUT2D eigenvalue weighted by molar-refractivity contribution is 8.16. The van der Waals surface area contributed by atoms with E-state index >= 15 is 0 Å². The number of aryl methyl sites for hydroxylation is 3. The lowest BCUT2D eigenvalue weighted by molar-refractivity contribution is 1.05. The van der Waals surface area contributed by atoms with Crippen molar-refractivity contribution in [1.82, 2.24) is 0 Å². The number of rotatable bonds is 1. The van der Waals surface area contributed by atoms with Gasteiger partial charge in [-0.15, -0.1) is 23.5 Å². The van der Waals surface area contributed by atoms with E-state index in [4.69, 9.17) is 0 Å². The third-order valence-corrected chi connectivity index (χ3v) is 6.17. The van der Waals surface area contributed by atoms with E-state index < -0.39 is 0 Å². The summed E-state index contributed by atoms with van der Waals surface area (Å²) in [5.74, 6) is 0. The minimum absolute atomic E-state index is 0.498. The highest BCUT2D eigenvalue weighted by Crippen LogP contribution is 2.48. The molecule has 0 amide bonds. The lowest BCUT2D eigenvalue weighted by Crippen LogP contribution is -2.07. The van der Waals surface area contributed by atoms with Gasteiger partial charge in [0, 0.05) is 9.98 Å². The van der Waals surface area contributed by atoms with Crippen LogP contribution in [0.4, 0.5) is 0 Å². The Balaban J connectivity index is 2.14. The van der Waals surface area contributed by atoms with Crippen molar-refractivity contribution < 1.29 is 0 Å². The van der Waals surface area contributed by atoms with E-state index in [2.05, 4.69) is 68.9 Å². The van der Waals surface area contributed by atoms with Crippen LogP contribution in [0.2, 0.25) is 0 Å². The highest BCUT2D eigenvalue weighted by atomic mass is 32.2. The van der Waals surface area contributed by atoms with Crippen LogP contribution < -0.4 is 0 Å². The molecule has 0 N–H and O–H groups in total. The molecule has 2 aromatic rings. The number of fused-ring (bicyclic) bond motifs is 1. The molecule has 0 aliphatic carbocycles. The van der Waals surface area contributed by atoms with Crippen LogP contribution in [-0.4, -0.2) is 5.08 Å². The van der Waals surface area contributed by atoms with E-state index in [0.29, 0.717) is 5.25 Å². The zero-order valence-corrected chi connectivity index (χ0v) is 13.2. The van der Waals surface area contributed by atoms with E-state index in [1.54, 1.807) is 0 Å². The maximum atomic E-state index is 2.31. The van der Waals surface area contributed by atoms with E-state index in [1.165, 1.54) is 32.7 Å². The van der Waals surface area contributed by atoms with E-state index in [-0.39, 0.29) is 0 Å². The molecule has 1 aliphatic rings. The van der Waals surface area contributed by atoms with Crippen molar-refractivity contribution in [2.45, 2.75) is 30.9 Å². The average molecular weight is 286 g/mol. The fourth-order valence-corrected chi connectivity index (χ4v) is 5.78. The van der Waals surface area contributed by atoms with Crippen molar-refractivity contribution in [1.29, 1.82) is 0 Å². The van der Waals surface area contributed by atoms with Gasteiger partial charge < -0.3 is 0 Å². The van der Waals surface area contributed by atoms with Gasteiger partial charge in [-0.3, -0.25) is 0 Å². The lowest BCUT2D eigenvalue weighted by Gasteiger charge is -2.27. The molecule has 1 aliphatic heterocycles. The minimum atomic E-state index is 0.498. The van der Waals surface area contributed by atoms with Crippen molar-refractivity contribution in [3.05, 3.63) is 64.2 Å². The fourth-order valence-electron chi connectivity index (χ4n) is 2.93. The monoisotopic (exact) mass is 286 g/mol. The van der Waals surface area contributed by atoms with Crippen LogP contribution in [0.5, 0.6) is 0 Å². The van der Waals surface area contributed by atoms with Crippen molar-refractivity contribution in [3.8, 4) is 0 Å². The smallest absolute Gasteiger partial charge is 0.0571 e. The highest BCUT2D eigenvalue weighted by Gasteiger charge is 2.25. The molecule has 2 heteroatoms. The van der Waals surface area contributed by atoms with Crippen LogP contribution in [0.1, 0.15) is 33.1 Å². The van der Waals surface area contributed by atoms with Gasteiger partial charge in [-0.1, -0.05) is 35.9 Å². The standard InChI is InChI=1S/C17H18S2/c1-11-8-12(2)16(13(3)9-11)17-14-6-4-5-7-15(14)18-10-19-17/h4-9,17H,10H2,1-3H3. The number of hydrogen-bond donors (Lipinski definition) is 0. The summed E-state index contributed by atoms with van der Waals surface area (Å²) < 4.78 is 0. The molecule has 0 radical (unpaired) electrons. The second-order valence-corrected chi connectivity index (χ2v) is 7.64. The molecule has 0 aromatic heterocycles. The van der Waals surface area contributed by atoms with Crippen LogP contribution in [-0.2, 0) is 0 Å². The number of hydrogen-bond acceptors (Lipinski definition) is 2. The van der Waals surface area contributed by atoms with Crippen molar-refractivity contribution in [2.75, 3.05) is 5.08 Å². The third-order valence-electron chi connectivity index (χ3n) is 3.65. The Morgan fingerprint density at radius 3 is 2.42 bits per heavy atom. The van der Waals surface area contributed by atoms with Gasteiger partial charge in [0.25, 0.3) is 0 Å². The molecule has 1 heterocycles. The molecule has 0 bridgehead atoms. The maximum absolute atomic E-state index is 2.31. The van der Waals surface area contributed by atoms with Crippen LogP contribution in [0.3, 0.4) is 0 Å².